The Labute approximate surface area is 165 Å². The Kier molecular flexibility index (Phi) is 5.39. The number of rotatable bonds is 4. The van der Waals surface area contributed by atoms with Crippen molar-refractivity contribution in [3.8, 4) is 0 Å². The van der Waals surface area contributed by atoms with E-state index in [-0.39, 0.29) is 24.5 Å². The molecule has 2 unspecified atom stereocenters. The van der Waals surface area contributed by atoms with Crippen molar-refractivity contribution in [2.24, 2.45) is 0 Å². The lowest BCUT2D eigenvalue weighted by Crippen LogP contribution is -2.60. The summed E-state index contributed by atoms with van der Waals surface area (Å²) in [5.41, 5.74) is 7.96. The number of hydrogen-bond donors (Lipinski definition) is 3. The summed E-state index contributed by atoms with van der Waals surface area (Å²) in [6, 6.07) is 0.176. The van der Waals surface area contributed by atoms with Crippen molar-refractivity contribution in [2.45, 2.75) is 56.7 Å². The number of H-pyrrole nitrogens is 1. The predicted octanol–water partition coefficient (Wildman–Crippen LogP) is -0.0964. The summed E-state index contributed by atoms with van der Waals surface area (Å²) in [5, 5.41) is 0. The molecule has 4 rings (SSSR count). The molecule has 0 aromatic carbocycles. The van der Waals surface area contributed by atoms with Gasteiger partial charge in [-0.25, -0.2) is 10.4 Å². The zero-order valence-electron chi connectivity index (χ0n) is 16.7. The van der Waals surface area contributed by atoms with Crippen LogP contribution in [0.25, 0.3) is 0 Å². The summed E-state index contributed by atoms with van der Waals surface area (Å²) in [4.78, 5) is 37.4. The molecule has 1 aromatic heterocycles. The lowest BCUT2D eigenvalue weighted by atomic mass is 9.78. The number of likely N-dealkylation sites (tertiary alicyclic amines) is 1. The van der Waals surface area contributed by atoms with Gasteiger partial charge in [-0.1, -0.05) is 6.92 Å². The minimum atomic E-state index is -0.451. The van der Waals surface area contributed by atoms with Crippen molar-refractivity contribution in [1.82, 2.24) is 30.6 Å². The van der Waals surface area contributed by atoms with Gasteiger partial charge in [0.25, 0.3) is 0 Å². The quantitative estimate of drug-likeness (QED) is 0.664. The fourth-order valence-electron chi connectivity index (χ4n) is 4.92. The molecule has 1 spiro atoms. The first-order chi connectivity index (χ1) is 13.6. The number of ether oxygens (including phenoxy) is 1. The molecule has 0 bridgehead atoms. The van der Waals surface area contributed by atoms with E-state index < -0.39 is 5.54 Å². The topological polar surface area (TPSA) is 103 Å². The average molecular weight is 390 g/mol. The monoisotopic (exact) mass is 390 g/mol. The molecule has 28 heavy (non-hydrogen) atoms. The van der Waals surface area contributed by atoms with E-state index in [9.17, 15) is 9.59 Å². The Morgan fingerprint density at radius 2 is 2.07 bits per heavy atom. The van der Waals surface area contributed by atoms with Crippen LogP contribution in [-0.2, 0) is 26.3 Å². The van der Waals surface area contributed by atoms with Crippen molar-refractivity contribution >= 4 is 11.8 Å². The highest BCUT2D eigenvalue weighted by Crippen LogP contribution is 2.42. The molecular weight excluding hydrogens is 360 g/mol. The lowest BCUT2D eigenvalue weighted by Gasteiger charge is -2.50. The molecule has 2 atom stereocenters. The van der Waals surface area contributed by atoms with E-state index in [0.717, 1.165) is 30.7 Å². The smallest absolute Gasteiger partial charge is 0.249 e. The van der Waals surface area contributed by atoms with E-state index >= 15 is 0 Å². The molecular formula is C19H30N6O3. The number of methoxy groups -OCH3 is 1. The van der Waals surface area contributed by atoms with Crippen LogP contribution in [0.3, 0.4) is 0 Å². The third-order valence-corrected chi connectivity index (χ3v) is 6.51. The third kappa shape index (κ3) is 3.21. The lowest BCUT2D eigenvalue weighted by molar-refractivity contribution is -0.148. The van der Waals surface area contributed by atoms with E-state index in [1.807, 2.05) is 9.80 Å². The Hall–Kier alpha value is -1.97. The predicted molar refractivity (Wildman–Crippen MR) is 102 cm³/mol. The maximum absolute atomic E-state index is 12.9. The van der Waals surface area contributed by atoms with Crippen LogP contribution in [0.4, 0.5) is 0 Å². The summed E-state index contributed by atoms with van der Waals surface area (Å²) in [6.07, 6.45) is 5.70. The van der Waals surface area contributed by atoms with Crippen LogP contribution in [0.15, 0.2) is 6.33 Å². The number of aromatic amines is 1. The van der Waals surface area contributed by atoms with Crippen molar-refractivity contribution in [3.63, 3.8) is 0 Å². The molecule has 154 valence electrons. The SMILES string of the molecule is CCC1CC(C(=O)N2CCC3(CC2)c2nc[nH]c2CCN3C(=O)COC)NN1. The Bertz CT molecular complexity index is 727. The zero-order valence-corrected chi connectivity index (χ0v) is 16.7. The number of amides is 2. The molecule has 0 radical (unpaired) electrons. The maximum atomic E-state index is 12.9. The number of imidazole rings is 1. The maximum Gasteiger partial charge on any atom is 0.249 e. The van der Waals surface area contributed by atoms with Crippen molar-refractivity contribution in [3.05, 3.63) is 17.7 Å². The van der Waals surface area contributed by atoms with E-state index in [2.05, 4.69) is 27.7 Å². The summed E-state index contributed by atoms with van der Waals surface area (Å²) >= 11 is 0. The number of fused-ring (bicyclic) bond motifs is 2. The van der Waals surface area contributed by atoms with E-state index in [4.69, 9.17) is 4.74 Å². The molecule has 1 aromatic rings. The second kappa shape index (κ2) is 7.81. The molecule has 2 fully saturated rings. The van der Waals surface area contributed by atoms with Gasteiger partial charge in [0, 0.05) is 44.9 Å². The highest BCUT2D eigenvalue weighted by molar-refractivity contribution is 5.82. The Morgan fingerprint density at radius 1 is 1.29 bits per heavy atom. The molecule has 0 aliphatic carbocycles. The highest BCUT2D eigenvalue weighted by atomic mass is 16.5. The van der Waals surface area contributed by atoms with Gasteiger partial charge in [0.15, 0.2) is 0 Å². The number of hydrogen-bond acceptors (Lipinski definition) is 6. The number of nitrogens with one attached hydrogen (secondary N) is 3. The largest absolute Gasteiger partial charge is 0.375 e. The van der Waals surface area contributed by atoms with Gasteiger partial charge < -0.3 is 19.5 Å². The molecule has 4 heterocycles. The van der Waals surface area contributed by atoms with Gasteiger partial charge in [0.05, 0.1) is 17.6 Å². The molecule has 3 aliphatic rings. The second-order valence-electron chi connectivity index (χ2n) is 8.00. The number of piperidine rings is 1. The van der Waals surface area contributed by atoms with Gasteiger partial charge in [-0.3, -0.25) is 15.0 Å². The summed E-state index contributed by atoms with van der Waals surface area (Å²) in [6.45, 7) is 4.08. The van der Waals surface area contributed by atoms with Crippen LogP contribution >= 0.6 is 0 Å². The molecule has 9 nitrogen and oxygen atoms in total. The first-order valence-corrected chi connectivity index (χ1v) is 10.2. The molecule has 3 aliphatic heterocycles. The summed E-state index contributed by atoms with van der Waals surface area (Å²) in [7, 11) is 1.54. The number of hydrazine groups is 1. The van der Waals surface area contributed by atoms with Gasteiger partial charge in [-0.15, -0.1) is 0 Å². The normalized spacial score (nSPS) is 26.5. The number of aromatic nitrogens is 2. The zero-order chi connectivity index (χ0) is 19.7. The third-order valence-electron chi connectivity index (χ3n) is 6.51. The Morgan fingerprint density at radius 3 is 2.75 bits per heavy atom. The highest BCUT2D eigenvalue weighted by Gasteiger charge is 2.49. The van der Waals surface area contributed by atoms with Crippen molar-refractivity contribution in [1.29, 1.82) is 0 Å². The number of carbonyl (C=O) groups excluding carboxylic acids is 2. The minimum absolute atomic E-state index is 0.0108. The fourth-order valence-corrected chi connectivity index (χ4v) is 4.92. The molecule has 9 heteroatoms. The number of carbonyl (C=O) groups is 2. The Balaban J connectivity index is 1.50. The second-order valence-corrected chi connectivity index (χ2v) is 8.00. The van der Waals surface area contributed by atoms with Crippen molar-refractivity contribution in [2.75, 3.05) is 33.4 Å². The summed E-state index contributed by atoms with van der Waals surface area (Å²) in [5.74, 6) is 0.134. The van der Waals surface area contributed by atoms with E-state index in [0.29, 0.717) is 38.5 Å². The molecule has 3 N–H and O–H groups in total. The first kappa shape index (κ1) is 19.4. The van der Waals surface area contributed by atoms with Crippen LogP contribution in [0.5, 0.6) is 0 Å². The van der Waals surface area contributed by atoms with E-state index in [1.54, 1.807) is 13.4 Å². The van der Waals surface area contributed by atoms with Crippen LogP contribution in [0.1, 0.15) is 44.0 Å². The van der Waals surface area contributed by atoms with Crippen LogP contribution < -0.4 is 10.9 Å². The van der Waals surface area contributed by atoms with Gasteiger partial charge in [-0.2, -0.15) is 0 Å². The van der Waals surface area contributed by atoms with Crippen LogP contribution in [0, 0.1) is 0 Å². The van der Waals surface area contributed by atoms with Crippen molar-refractivity contribution < 1.29 is 14.3 Å². The van der Waals surface area contributed by atoms with Crippen LogP contribution in [-0.4, -0.2) is 77.0 Å². The van der Waals surface area contributed by atoms with Gasteiger partial charge in [0.2, 0.25) is 11.8 Å². The van der Waals surface area contributed by atoms with Gasteiger partial charge >= 0.3 is 0 Å². The minimum Gasteiger partial charge on any atom is -0.375 e. The summed E-state index contributed by atoms with van der Waals surface area (Å²) < 4.78 is 5.11. The first-order valence-electron chi connectivity index (χ1n) is 10.2. The fraction of sp³-hybridized carbons (Fsp3) is 0.737. The van der Waals surface area contributed by atoms with Crippen LogP contribution in [0.2, 0.25) is 0 Å². The molecule has 0 saturated carbocycles. The standard InChI is InChI=1S/C19H30N6O3/c1-3-13-10-15(23-22-13)18(27)24-8-5-19(6-9-24)17-14(20-12-21-17)4-7-25(19)16(26)11-28-2/h12-13,15,22-23H,3-11H2,1-2H3,(H,20,21). The molecule has 2 amide bonds. The molecule has 2 saturated heterocycles. The van der Waals surface area contributed by atoms with Gasteiger partial charge in [0.1, 0.15) is 12.6 Å². The van der Waals surface area contributed by atoms with Gasteiger partial charge in [-0.05, 0) is 25.7 Å². The number of nitrogens with zero attached hydrogens (tertiary/aromatic N) is 3. The average Bonchev–Trinajstić information content (AvgIpc) is 3.38. The van der Waals surface area contributed by atoms with E-state index in [1.165, 1.54) is 0 Å².